The fraction of sp³-hybridized carbons (Fsp3) is 0.0588. The first kappa shape index (κ1) is 16.9. The molecular weight excluding hydrogens is 369 g/mol. The van der Waals surface area contributed by atoms with Gasteiger partial charge in [0.05, 0.1) is 5.56 Å². The molecule has 0 spiro atoms. The number of carbonyl (C=O) groups excluding carboxylic acids is 1. The Hall–Kier alpha value is -3.53. The second-order valence-corrected chi connectivity index (χ2v) is 5.96. The summed E-state index contributed by atoms with van der Waals surface area (Å²) in [5.74, 6) is -0.575. The molecule has 0 amide bonds. The zero-order valence-electron chi connectivity index (χ0n) is 13.8. The van der Waals surface area contributed by atoms with Crippen LogP contribution in [0.5, 0.6) is 0 Å². The molecule has 0 unspecified atom stereocenters. The summed E-state index contributed by atoms with van der Waals surface area (Å²) in [5.41, 5.74) is 0.706. The van der Waals surface area contributed by atoms with Crippen LogP contribution in [0.3, 0.4) is 0 Å². The van der Waals surface area contributed by atoms with Crippen LogP contribution in [0.2, 0.25) is 0 Å². The molecule has 0 aliphatic carbocycles. The molecule has 134 valence electrons. The maximum absolute atomic E-state index is 14.0. The Kier molecular flexibility index (Phi) is 4.38. The number of nitrogens with zero attached hydrogens (tertiary/aromatic N) is 6. The van der Waals surface area contributed by atoms with Crippen molar-refractivity contribution in [3.63, 3.8) is 0 Å². The molecule has 2 aromatic carbocycles. The minimum atomic E-state index is -0.637. The molecule has 0 radical (unpaired) electrons. The third kappa shape index (κ3) is 3.29. The van der Waals surface area contributed by atoms with Crippen molar-refractivity contribution in [1.82, 2.24) is 35.0 Å². The van der Waals surface area contributed by atoms with Gasteiger partial charge >= 0.3 is 0 Å². The van der Waals surface area contributed by atoms with Crippen molar-refractivity contribution in [3.8, 4) is 11.4 Å². The van der Waals surface area contributed by atoms with Gasteiger partial charge in [-0.3, -0.25) is 9.89 Å². The summed E-state index contributed by atoms with van der Waals surface area (Å²) in [4.78, 5) is 14.0. The van der Waals surface area contributed by atoms with Crippen LogP contribution in [0.15, 0.2) is 54.6 Å². The van der Waals surface area contributed by atoms with E-state index >= 15 is 0 Å². The van der Waals surface area contributed by atoms with Crippen molar-refractivity contribution in [1.29, 1.82) is 0 Å². The van der Waals surface area contributed by atoms with Gasteiger partial charge in [0, 0.05) is 5.56 Å². The highest BCUT2D eigenvalue weighted by atomic mass is 32.1. The smallest absolute Gasteiger partial charge is 0.268 e. The summed E-state index contributed by atoms with van der Waals surface area (Å²) in [6, 6.07) is 15.0. The molecule has 4 aromatic rings. The lowest BCUT2D eigenvalue weighted by Gasteiger charge is -2.05. The maximum atomic E-state index is 14.0. The van der Waals surface area contributed by atoms with Crippen LogP contribution in [0.25, 0.3) is 11.4 Å². The van der Waals surface area contributed by atoms with Gasteiger partial charge in [-0.2, -0.15) is 9.90 Å². The van der Waals surface area contributed by atoms with Gasteiger partial charge in [-0.15, -0.1) is 10.2 Å². The monoisotopic (exact) mass is 381 g/mol. The molecule has 0 atom stereocenters. The van der Waals surface area contributed by atoms with Crippen LogP contribution in [0, 0.1) is 10.6 Å². The number of benzene rings is 2. The molecule has 0 fully saturated rings. The van der Waals surface area contributed by atoms with Crippen molar-refractivity contribution in [2.45, 2.75) is 6.54 Å². The largest absolute Gasteiger partial charge is 0.268 e. The van der Waals surface area contributed by atoms with E-state index in [1.807, 2.05) is 30.3 Å². The van der Waals surface area contributed by atoms with Gasteiger partial charge in [0.15, 0.2) is 5.82 Å². The van der Waals surface area contributed by atoms with Gasteiger partial charge in [-0.1, -0.05) is 42.5 Å². The molecule has 8 nitrogen and oxygen atoms in total. The number of halogens is 1. The highest BCUT2D eigenvalue weighted by Gasteiger charge is 2.20. The number of H-pyrrole nitrogens is 1. The third-order valence-corrected chi connectivity index (χ3v) is 4.09. The van der Waals surface area contributed by atoms with E-state index < -0.39 is 11.7 Å². The Morgan fingerprint density at radius 3 is 2.63 bits per heavy atom. The molecule has 10 heteroatoms. The average molecular weight is 381 g/mol. The number of nitrogens with one attached hydrogen (secondary N) is 1. The van der Waals surface area contributed by atoms with Gasteiger partial charge in [-0.05, 0) is 29.6 Å². The van der Waals surface area contributed by atoms with E-state index in [-0.39, 0.29) is 22.7 Å². The first-order valence-corrected chi connectivity index (χ1v) is 8.33. The molecular formula is C17H12FN7OS. The minimum absolute atomic E-state index is 0.0349. The molecule has 2 heterocycles. The van der Waals surface area contributed by atoms with Crippen molar-refractivity contribution in [2.24, 2.45) is 0 Å². The number of aromatic amines is 1. The zero-order valence-corrected chi connectivity index (χ0v) is 14.6. The molecule has 0 saturated heterocycles. The van der Waals surface area contributed by atoms with E-state index in [2.05, 4.69) is 25.6 Å². The number of carbonyl (C=O) groups is 1. The molecule has 0 aliphatic heterocycles. The van der Waals surface area contributed by atoms with Gasteiger partial charge in [0.1, 0.15) is 12.4 Å². The number of aromatic nitrogens is 7. The van der Waals surface area contributed by atoms with Gasteiger partial charge in [0.2, 0.25) is 10.6 Å². The Morgan fingerprint density at radius 1 is 1.11 bits per heavy atom. The van der Waals surface area contributed by atoms with Crippen molar-refractivity contribution >= 4 is 18.1 Å². The second kappa shape index (κ2) is 7.00. The summed E-state index contributed by atoms with van der Waals surface area (Å²) >= 11 is 5.13. The predicted molar refractivity (Wildman–Crippen MR) is 95.9 cm³/mol. The summed E-state index contributed by atoms with van der Waals surface area (Å²) in [7, 11) is 0. The van der Waals surface area contributed by atoms with E-state index in [1.165, 1.54) is 23.0 Å². The van der Waals surface area contributed by atoms with Gasteiger partial charge in [-0.25, -0.2) is 8.96 Å². The lowest BCUT2D eigenvalue weighted by molar-refractivity contribution is 0.0950. The highest BCUT2D eigenvalue weighted by molar-refractivity contribution is 7.71. The normalized spacial score (nSPS) is 10.9. The molecule has 0 saturated carbocycles. The zero-order chi connectivity index (χ0) is 18.8. The van der Waals surface area contributed by atoms with Crippen LogP contribution < -0.4 is 0 Å². The second-order valence-electron chi connectivity index (χ2n) is 5.57. The van der Waals surface area contributed by atoms with E-state index in [4.69, 9.17) is 12.2 Å². The molecule has 0 bridgehead atoms. The van der Waals surface area contributed by atoms with Crippen molar-refractivity contribution in [3.05, 3.63) is 76.6 Å². The maximum Gasteiger partial charge on any atom is 0.268 e. The first-order valence-electron chi connectivity index (χ1n) is 7.92. The molecule has 2 aromatic heterocycles. The quantitative estimate of drug-likeness (QED) is 0.546. The molecule has 27 heavy (non-hydrogen) atoms. The average Bonchev–Trinajstić information content (AvgIpc) is 3.29. The third-order valence-electron chi connectivity index (χ3n) is 3.82. The first-order chi connectivity index (χ1) is 13.1. The van der Waals surface area contributed by atoms with E-state index in [1.54, 1.807) is 6.07 Å². The minimum Gasteiger partial charge on any atom is -0.268 e. The summed E-state index contributed by atoms with van der Waals surface area (Å²) in [5, 5.41) is 18.9. The SMILES string of the molecule is O=C(c1ccccc1F)n1c(Cn2nnc(-c3ccccc3)n2)n[nH]c1=S. The van der Waals surface area contributed by atoms with Crippen LogP contribution in [0.4, 0.5) is 4.39 Å². The number of hydrogen-bond donors (Lipinski definition) is 1. The lowest BCUT2D eigenvalue weighted by Crippen LogP contribution is -2.19. The number of hydrogen-bond acceptors (Lipinski definition) is 6. The Morgan fingerprint density at radius 2 is 1.85 bits per heavy atom. The fourth-order valence-corrected chi connectivity index (χ4v) is 2.77. The molecule has 0 aliphatic rings. The Balaban J connectivity index is 1.65. The van der Waals surface area contributed by atoms with Crippen LogP contribution in [-0.4, -0.2) is 40.9 Å². The Bertz CT molecular complexity index is 1170. The molecule has 1 N–H and O–H groups in total. The van der Waals surface area contributed by atoms with Crippen LogP contribution in [-0.2, 0) is 6.54 Å². The standard InChI is InChI=1S/C17H12FN7OS/c18-13-9-5-4-8-12(13)16(26)25-14(19-21-17(25)27)10-24-22-15(20-23-24)11-6-2-1-3-7-11/h1-9H,10H2,(H,21,27). The molecule has 4 rings (SSSR count). The van der Waals surface area contributed by atoms with Crippen LogP contribution in [0.1, 0.15) is 16.2 Å². The topological polar surface area (TPSA) is 94.3 Å². The lowest BCUT2D eigenvalue weighted by atomic mass is 10.2. The fourth-order valence-electron chi connectivity index (χ4n) is 2.54. The van der Waals surface area contributed by atoms with Crippen LogP contribution >= 0.6 is 12.2 Å². The van der Waals surface area contributed by atoms with E-state index in [0.717, 1.165) is 10.1 Å². The summed E-state index contributed by atoms with van der Waals surface area (Å²) in [6.45, 7) is 0.0349. The van der Waals surface area contributed by atoms with Gasteiger partial charge < -0.3 is 0 Å². The van der Waals surface area contributed by atoms with E-state index in [0.29, 0.717) is 5.82 Å². The number of rotatable bonds is 4. The summed E-state index contributed by atoms with van der Waals surface area (Å²) < 4.78 is 15.2. The van der Waals surface area contributed by atoms with Gasteiger partial charge in [0.25, 0.3) is 5.91 Å². The predicted octanol–water partition coefficient (Wildman–Crippen LogP) is 2.47. The highest BCUT2D eigenvalue weighted by Crippen LogP contribution is 2.13. The summed E-state index contributed by atoms with van der Waals surface area (Å²) in [6.07, 6.45) is 0. The number of tetrazole rings is 1. The Labute approximate surface area is 157 Å². The van der Waals surface area contributed by atoms with Crippen molar-refractivity contribution < 1.29 is 9.18 Å². The van der Waals surface area contributed by atoms with Crippen molar-refractivity contribution in [2.75, 3.05) is 0 Å². The van der Waals surface area contributed by atoms with E-state index in [9.17, 15) is 9.18 Å².